The Morgan fingerprint density at radius 3 is 2.64 bits per heavy atom. The van der Waals surface area contributed by atoms with E-state index in [2.05, 4.69) is 6.92 Å². The summed E-state index contributed by atoms with van der Waals surface area (Å²) < 4.78 is 0. The van der Waals surface area contributed by atoms with Crippen LogP contribution in [0.3, 0.4) is 0 Å². The minimum Gasteiger partial charge on any atom is -0.290 e. The number of rotatable bonds is 2. The van der Waals surface area contributed by atoms with E-state index in [-0.39, 0.29) is 5.75 Å². The van der Waals surface area contributed by atoms with Crippen molar-refractivity contribution in [2.75, 3.05) is 0 Å². The van der Waals surface area contributed by atoms with E-state index >= 15 is 0 Å². The van der Waals surface area contributed by atoms with Gasteiger partial charge in [-0.1, -0.05) is 25.5 Å². The van der Waals surface area contributed by atoms with Crippen molar-refractivity contribution in [3.8, 4) is 5.75 Å². The molecule has 0 saturated heterocycles. The molecule has 0 spiro atoms. The van der Waals surface area contributed by atoms with E-state index < -0.39 is 0 Å². The summed E-state index contributed by atoms with van der Waals surface area (Å²) in [6.45, 7) is 4.08. The molecule has 0 aromatic heterocycles. The first-order valence-corrected chi connectivity index (χ1v) is 4.01. The second-order valence-electron chi connectivity index (χ2n) is 2.80. The first-order chi connectivity index (χ1) is 5.25. The predicted octanol–water partition coefficient (Wildman–Crippen LogP) is 3.09. The van der Waals surface area contributed by atoms with Crippen molar-refractivity contribution in [2.24, 2.45) is 0 Å². The summed E-state index contributed by atoms with van der Waals surface area (Å²) in [4.78, 5) is 0. The summed E-state index contributed by atoms with van der Waals surface area (Å²) in [6.07, 6.45) is 1.95. The van der Waals surface area contributed by atoms with Gasteiger partial charge < -0.3 is 0 Å². The molecule has 0 unspecified atom stereocenters. The highest BCUT2D eigenvalue weighted by atomic mass is 16.3. The Morgan fingerprint density at radius 1 is 1.36 bits per heavy atom. The standard InChI is InChI=1S/C10H13O/c1-3-5-9-8(2)6-4-7-10(9)11/h4,6-7H,3,5H2,1-2H3. The zero-order chi connectivity index (χ0) is 8.27. The van der Waals surface area contributed by atoms with Gasteiger partial charge in [-0.2, -0.15) is 0 Å². The van der Waals surface area contributed by atoms with Crippen molar-refractivity contribution in [3.63, 3.8) is 0 Å². The second-order valence-corrected chi connectivity index (χ2v) is 2.80. The predicted molar refractivity (Wildman–Crippen MR) is 45.3 cm³/mol. The van der Waals surface area contributed by atoms with Crippen molar-refractivity contribution in [1.29, 1.82) is 0 Å². The number of hydrogen-bond acceptors (Lipinski definition) is 0. The van der Waals surface area contributed by atoms with Crippen molar-refractivity contribution < 1.29 is 5.11 Å². The quantitative estimate of drug-likeness (QED) is 0.615. The summed E-state index contributed by atoms with van der Waals surface area (Å²) in [7, 11) is 0. The van der Waals surface area contributed by atoms with E-state index in [0.29, 0.717) is 0 Å². The zero-order valence-corrected chi connectivity index (χ0v) is 7.05. The van der Waals surface area contributed by atoms with Gasteiger partial charge in [-0.05, 0) is 25.0 Å². The van der Waals surface area contributed by atoms with Crippen molar-refractivity contribution in [2.45, 2.75) is 26.7 Å². The minimum absolute atomic E-state index is 0.187. The Kier molecular flexibility index (Phi) is 2.53. The maximum atomic E-state index is 11.2. The molecule has 0 heterocycles. The molecule has 1 nitrogen and oxygen atoms in total. The third-order valence-corrected chi connectivity index (χ3v) is 1.87. The molecule has 0 atom stereocenters. The lowest BCUT2D eigenvalue weighted by Gasteiger charge is -2.03. The maximum absolute atomic E-state index is 11.2. The SMILES string of the molecule is CCCc1c(C)cccc1[O]. The highest BCUT2D eigenvalue weighted by Crippen LogP contribution is 2.22. The summed E-state index contributed by atoms with van der Waals surface area (Å²) in [5, 5.41) is 11.2. The molecule has 1 aromatic rings. The third kappa shape index (κ3) is 1.73. The van der Waals surface area contributed by atoms with E-state index in [4.69, 9.17) is 0 Å². The molecule has 1 heteroatoms. The van der Waals surface area contributed by atoms with Crippen LogP contribution in [-0.4, -0.2) is 0 Å². The summed E-state index contributed by atoms with van der Waals surface area (Å²) >= 11 is 0. The van der Waals surface area contributed by atoms with Crippen LogP contribution in [0.1, 0.15) is 24.5 Å². The molecule has 1 radical (unpaired) electrons. The van der Waals surface area contributed by atoms with Crippen molar-refractivity contribution >= 4 is 0 Å². The second kappa shape index (κ2) is 3.42. The van der Waals surface area contributed by atoms with E-state index in [0.717, 1.165) is 24.0 Å². The number of benzene rings is 1. The molecule has 0 amide bonds. The van der Waals surface area contributed by atoms with Crippen LogP contribution >= 0.6 is 0 Å². The average molecular weight is 149 g/mol. The van der Waals surface area contributed by atoms with Gasteiger partial charge in [-0.15, -0.1) is 0 Å². The normalized spacial score (nSPS) is 10.0. The molecule has 1 rings (SSSR count). The van der Waals surface area contributed by atoms with Crippen LogP contribution in [0.25, 0.3) is 0 Å². The molecule has 1 aromatic carbocycles. The first kappa shape index (κ1) is 8.12. The molecular formula is C10H13O. The van der Waals surface area contributed by atoms with E-state index in [1.165, 1.54) is 0 Å². The third-order valence-electron chi connectivity index (χ3n) is 1.87. The highest BCUT2D eigenvalue weighted by Gasteiger charge is 2.03. The topological polar surface area (TPSA) is 19.9 Å². The molecule has 0 aliphatic heterocycles. The fourth-order valence-corrected chi connectivity index (χ4v) is 1.25. The average Bonchev–Trinajstić information content (AvgIpc) is 1.97. The van der Waals surface area contributed by atoms with Crippen LogP contribution in [0.2, 0.25) is 0 Å². The summed E-state index contributed by atoms with van der Waals surface area (Å²) in [6, 6.07) is 5.45. The fourth-order valence-electron chi connectivity index (χ4n) is 1.25. The van der Waals surface area contributed by atoms with Gasteiger partial charge in [0.05, 0.1) is 0 Å². The summed E-state index contributed by atoms with van der Waals surface area (Å²) in [5.74, 6) is 0.187. The largest absolute Gasteiger partial charge is 0.290 e. The molecule has 0 aliphatic carbocycles. The Morgan fingerprint density at radius 2 is 2.09 bits per heavy atom. The Hall–Kier alpha value is -0.980. The lowest BCUT2D eigenvalue weighted by Crippen LogP contribution is -1.87. The lowest BCUT2D eigenvalue weighted by molar-refractivity contribution is 0.349. The van der Waals surface area contributed by atoms with Gasteiger partial charge in [0.25, 0.3) is 0 Å². The van der Waals surface area contributed by atoms with E-state index in [1.807, 2.05) is 19.1 Å². The molecule has 11 heavy (non-hydrogen) atoms. The number of aryl methyl sites for hydroxylation is 1. The van der Waals surface area contributed by atoms with Gasteiger partial charge >= 0.3 is 0 Å². The highest BCUT2D eigenvalue weighted by molar-refractivity contribution is 5.38. The van der Waals surface area contributed by atoms with Gasteiger partial charge in [-0.25, -0.2) is 0 Å². The Bertz CT molecular complexity index is 220. The maximum Gasteiger partial charge on any atom is 0.182 e. The van der Waals surface area contributed by atoms with Gasteiger partial charge in [0.1, 0.15) is 0 Å². The molecule has 0 aliphatic rings. The molecule has 0 N–H and O–H groups in total. The van der Waals surface area contributed by atoms with Crippen molar-refractivity contribution in [3.05, 3.63) is 29.3 Å². The number of hydrogen-bond donors (Lipinski definition) is 0. The lowest BCUT2D eigenvalue weighted by atomic mass is 10.0. The van der Waals surface area contributed by atoms with Crippen molar-refractivity contribution in [1.82, 2.24) is 0 Å². The van der Waals surface area contributed by atoms with Crippen LogP contribution in [0.15, 0.2) is 18.2 Å². The van der Waals surface area contributed by atoms with Crippen LogP contribution < -0.4 is 0 Å². The monoisotopic (exact) mass is 149 g/mol. The smallest absolute Gasteiger partial charge is 0.182 e. The van der Waals surface area contributed by atoms with Gasteiger partial charge in [0, 0.05) is 5.56 Å². The minimum atomic E-state index is 0.187. The van der Waals surface area contributed by atoms with E-state index in [1.54, 1.807) is 6.07 Å². The molecule has 0 fully saturated rings. The Labute approximate surface area is 67.7 Å². The summed E-state index contributed by atoms with van der Waals surface area (Å²) in [5.41, 5.74) is 2.11. The molecule has 0 saturated carbocycles. The Balaban J connectivity index is 3.00. The van der Waals surface area contributed by atoms with Crippen LogP contribution in [0.4, 0.5) is 0 Å². The molecule has 59 valence electrons. The van der Waals surface area contributed by atoms with Crippen LogP contribution in [0.5, 0.6) is 5.75 Å². The fraction of sp³-hybridized carbons (Fsp3) is 0.400. The van der Waals surface area contributed by atoms with Gasteiger partial charge in [-0.3, -0.25) is 5.11 Å². The van der Waals surface area contributed by atoms with Gasteiger partial charge in [0.2, 0.25) is 0 Å². The van der Waals surface area contributed by atoms with Crippen LogP contribution in [-0.2, 0) is 11.5 Å². The van der Waals surface area contributed by atoms with Crippen LogP contribution in [0, 0.1) is 6.92 Å². The zero-order valence-electron chi connectivity index (χ0n) is 7.05. The van der Waals surface area contributed by atoms with E-state index in [9.17, 15) is 5.11 Å². The first-order valence-electron chi connectivity index (χ1n) is 4.01. The molecule has 0 bridgehead atoms. The van der Waals surface area contributed by atoms with Gasteiger partial charge in [0.15, 0.2) is 5.75 Å². The molecular weight excluding hydrogens is 136 g/mol.